The number of anilines is 1. The van der Waals surface area contributed by atoms with E-state index >= 15 is 0 Å². The first kappa shape index (κ1) is 17.5. The van der Waals surface area contributed by atoms with Gasteiger partial charge in [-0.1, -0.05) is 30.0 Å². The van der Waals surface area contributed by atoms with Gasteiger partial charge in [0.05, 0.1) is 23.7 Å². The minimum atomic E-state index is -0.0210. The molecule has 25 heavy (non-hydrogen) atoms. The normalized spacial score (nSPS) is 13.9. The fraction of sp³-hybridized carbons (Fsp3) is 0.350. The summed E-state index contributed by atoms with van der Waals surface area (Å²) in [4.78, 5) is 15.4. The summed E-state index contributed by atoms with van der Waals surface area (Å²) in [5.41, 5.74) is 2.89. The van der Waals surface area contributed by atoms with Gasteiger partial charge in [-0.2, -0.15) is 0 Å². The van der Waals surface area contributed by atoms with Crippen molar-refractivity contribution in [2.45, 2.75) is 13.8 Å². The standard InChI is InChI=1S/C20H22N2O2S/c1-3-21-19(23)18-15(2)17(10-9-16-7-5-4-6-8-16)20(25-18)22-11-13-24-14-12-22/h4-8H,3,11-14H2,1-2H3,(H,21,23). The topological polar surface area (TPSA) is 41.6 Å². The van der Waals surface area contributed by atoms with Crippen molar-refractivity contribution in [2.24, 2.45) is 0 Å². The Morgan fingerprint density at radius 3 is 2.64 bits per heavy atom. The lowest BCUT2D eigenvalue weighted by molar-refractivity contribution is 0.0959. The summed E-state index contributed by atoms with van der Waals surface area (Å²) >= 11 is 1.53. The highest BCUT2D eigenvalue weighted by Crippen LogP contribution is 2.36. The molecule has 1 aliphatic rings. The maximum absolute atomic E-state index is 12.4. The Kier molecular flexibility index (Phi) is 5.75. The summed E-state index contributed by atoms with van der Waals surface area (Å²) in [6, 6.07) is 9.93. The quantitative estimate of drug-likeness (QED) is 0.862. The molecule has 0 bridgehead atoms. The maximum atomic E-state index is 12.4. The molecule has 1 amide bonds. The molecule has 0 radical (unpaired) electrons. The van der Waals surface area contributed by atoms with Crippen LogP contribution in [-0.4, -0.2) is 38.8 Å². The fourth-order valence-electron chi connectivity index (χ4n) is 2.75. The van der Waals surface area contributed by atoms with Gasteiger partial charge in [0.1, 0.15) is 5.00 Å². The summed E-state index contributed by atoms with van der Waals surface area (Å²) in [7, 11) is 0. The van der Waals surface area contributed by atoms with Crippen molar-refractivity contribution >= 4 is 22.2 Å². The molecule has 2 heterocycles. The number of rotatable bonds is 3. The zero-order chi connectivity index (χ0) is 17.6. The minimum absolute atomic E-state index is 0.0210. The number of morpholine rings is 1. The van der Waals surface area contributed by atoms with Crippen molar-refractivity contribution in [1.29, 1.82) is 0 Å². The number of carbonyl (C=O) groups is 1. The van der Waals surface area contributed by atoms with Crippen LogP contribution in [-0.2, 0) is 4.74 Å². The molecule has 0 saturated carbocycles. The molecule has 0 aliphatic carbocycles. The first-order chi connectivity index (χ1) is 12.2. The van der Waals surface area contributed by atoms with E-state index in [4.69, 9.17) is 4.74 Å². The molecule has 130 valence electrons. The van der Waals surface area contributed by atoms with Gasteiger partial charge in [0.2, 0.25) is 0 Å². The minimum Gasteiger partial charge on any atom is -0.378 e. The summed E-state index contributed by atoms with van der Waals surface area (Å²) in [5.74, 6) is 6.52. The van der Waals surface area contributed by atoms with E-state index < -0.39 is 0 Å². The highest BCUT2D eigenvalue weighted by Gasteiger charge is 2.23. The van der Waals surface area contributed by atoms with Crippen molar-refractivity contribution in [3.8, 4) is 11.8 Å². The maximum Gasteiger partial charge on any atom is 0.261 e. The van der Waals surface area contributed by atoms with Gasteiger partial charge in [-0.3, -0.25) is 4.79 Å². The molecule has 0 atom stereocenters. The summed E-state index contributed by atoms with van der Waals surface area (Å²) in [6.07, 6.45) is 0. The van der Waals surface area contributed by atoms with E-state index in [-0.39, 0.29) is 5.91 Å². The third-order valence-corrected chi connectivity index (χ3v) is 5.43. The van der Waals surface area contributed by atoms with Gasteiger partial charge >= 0.3 is 0 Å². The number of amides is 1. The Hall–Kier alpha value is -2.29. The number of hydrogen-bond acceptors (Lipinski definition) is 4. The molecule has 3 rings (SSSR count). The molecule has 0 spiro atoms. The van der Waals surface area contributed by atoms with Crippen LogP contribution in [0.4, 0.5) is 5.00 Å². The predicted octanol–water partition coefficient (Wildman–Crippen LogP) is 3.04. The first-order valence-corrected chi connectivity index (χ1v) is 9.33. The van der Waals surface area contributed by atoms with Crippen molar-refractivity contribution in [3.63, 3.8) is 0 Å². The zero-order valence-electron chi connectivity index (χ0n) is 14.6. The fourth-order valence-corrected chi connectivity index (χ4v) is 3.98. The average Bonchev–Trinajstić information content (AvgIpc) is 2.98. The Bertz CT molecular complexity index is 796. The number of nitrogens with one attached hydrogen (secondary N) is 1. The van der Waals surface area contributed by atoms with Crippen molar-refractivity contribution in [2.75, 3.05) is 37.7 Å². The van der Waals surface area contributed by atoms with Crippen LogP contribution in [0.1, 0.15) is 33.3 Å². The predicted molar refractivity (Wildman–Crippen MR) is 103 cm³/mol. The lowest BCUT2D eigenvalue weighted by Gasteiger charge is -2.27. The van der Waals surface area contributed by atoms with Crippen LogP contribution >= 0.6 is 11.3 Å². The van der Waals surface area contributed by atoms with Gasteiger partial charge in [-0.15, -0.1) is 11.3 Å². The molecule has 1 saturated heterocycles. The van der Waals surface area contributed by atoms with Crippen molar-refractivity contribution in [1.82, 2.24) is 5.32 Å². The van der Waals surface area contributed by atoms with E-state index in [0.717, 1.165) is 39.7 Å². The second kappa shape index (κ2) is 8.19. The van der Waals surface area contributed by atoms with Crippen LogP contribution in [0.3, 0.4) is 0 Å². The van der Waals surface area contributed by atoms with Crippen LogP contribution in [0.2, 0.25) is 0 Å². The molecular weight excluding hydrogens is 332 g/mol. The van der Waals surface area contributed by atoms with Gasteiger partial charge in [0.15, 0.2) is 0 Å². The SMILES string of the molecule is CCNC(=O)c1sc(N2CCOCC2)c(C#Cc2ccccc2)c1C. The second-order valence-electron chi connectivity index (χ2n) is 5.81. The smallest absolute Gasteiger partial charge is 0.261 e. The highest BCUT2D eigenvalue weighted by molar-refractivity contribution is 7.18. The van der Waals surface area contributed by atoms with E-state index in [1.807, 2.05) is 44.2 Å². The van der Waals surface area contributed by atoms with Gasteiger partial charge in [-0.05, 0) is 31.5 Å². The van der Waals surface area contributed by atoms with E-state index in [2.05, 4.69) is 22.1 Å². The lowest BCUT2D eigenvalue weighted by Crippen LogP contribution is -2.36. The molecule has 4 nitrogen and oxygen atoms in total. The molecule has 5 heteroatoms. The first-order valence-electron chi connectivity index (χ1n) is 8.52. The number of benzene rings is 1. The molecule has 1 N–H and O–H groups in total. The van der Waals surface area contributed by atoms with Crippen molar-refractivity contribution < 1.29 is 9.53 Å². The number of ether oxygens (including phenoxy) is 1. The van der Waals surface area contributed by atoms with E-state index in [0.29, 0.717) is 19.8 Å². The van der Waals surface area contributed by atoms with Crippen LogP contribution in [0.25, 0.3) is 0 Å². The monoisotopic (exact) mass is 354 g/mol. The molecule has 1 aromatic heterocycles. The third-order valence-electron chi connectivity index (χ3n) is 4.08. The van der Waals surface area contributed by atoms with Gasteiger partial charge in [0, 0.05) is 25.2 Å². The van der Waals surface area contributed by atoms with Gasteiger partial charge in [0.25, 0.3) is 5.91 Å². The molecule has 1 aliphatic heterocycles. The van der Waals surface area contributed by atoms with Gasteiger partial charge in [-0.25, -0.2) is 0 Å². The Morgan fingerprint density at radius 2 is 1.96 bits per heavy atom. The summed E-state index contributed by atoms with van der Waals surface area (Å²) < 4.78 is 5.46. The van der Waals surface area contributed by atoms with E-state index in [1.54, 1.807) is 0 Å². The Labute approximate surface area is 152 Å². The second-order valence-corrected chi connectivity index (χ2v) is 6.81. The number of carbonyl (C=O) groups excluding carboxylic acids is 1. The highest BCUT2D eigenvalue weighted by atomic mass is 32.1. The average molecular weight is 354 g/mol. The molecule has 0 unspecified atom stereocenters. The van der Waals surface area contributed by atoms with Crippen LogP contribution in [0.15, 0.2) is 30.3 Å². The third kappa shape index (κ3) is 4.04. The van der Waals surface area contributed by atoms with Crippen molar-refractivity contribution in [3.05, 3.63) is 51.9 Å². The summed E-state index contributed by atoms with van der Waals surface area (Å²) in [5, 5.41) is 3.97. The number of nitrogens with zero attached hydrogens (tertiary/aromatic N) is 1. The van der Waals surface area contributed by atoms with Gasteiger partial charge < -0.3 is 15.0 Å². The van der Waals surface area contributed by atoms with E-state index in [9.17, 15) is 4.79 Å². The van der Waals surface area contributed by atoms with Crippen LogP contribution < -0.4 is 10.2 Å². The Morgan fingerprint density at radius 1 is 1.24 bits per heavy atom. The molecule has 2 aromatic rings. The van der Waals surface area contributed by atoms with Crippen LogP contribution in [0, 0.1) is 18.8 Å². The number of hydrogen-bond donors (Lipinski definition) is 1. The van der Waals surface area contributed by atoms with Crippen LogP contribution in [0.5, 0.6) is 0 Å². The number of thiophene rings is 1. The zero-order valence-corrected chi connectivity index (χ0v) is 15.4. The lowest BCUT2D eigenvalue weighted by atomic mass is 10.1. The molecule has 1 fully saturated rings. The summed E-state index contributed by atoms with van der Waals surface area (Å²) in [6.45, 7) is 7.61. The van der Waals surface area contributed by atoms with E-state index in [1.165, 1.54) is 11.3 Å². The largest absolute Gasteiger partial charge is 0.378 e. The Balaban J connectivity index is 2.01. The molecule has 1 aromatic carbocycles. The molecular formula is C20H22N2O2S.